The van der Waals surface area contributed by atoms with Gasteiger partial charge in [-0.3, -0.25) is 9.69 Å². The molecule has 1 amide bonds. The number of aliphatic hydroxyl groups is 1. The molecule has 59 heavy (non-hydrogen) atoms. The highest BCUT2D eigenvalue weighted by Gasteiger charge is 2.33. The molecule has 1 heterocycles. The van der Waals surface area contributed by atoms with Gasteiger partial charge in [0.05, 0.1) is 23.7 Å². The van der Waals surface area contributed by atoms with Crippen LogP contribution in [0.1, 0.15) is 63.3 Å². The lowest BCUT2D eigenvalue weighted by atomic mass is 9.99. The quantitative estimate of drug-likeness (QED) is 0.0857. The standard InChI is InChI=1S/C49H51N3O6S/c1-36-17-27-45(28-18-36)59(55,56)51-46(29-37-11-5-2-6-12-37)48(54)50-31-38-19-25-43(26-20-38)49-57-44(30-47(58-49)42-23-21-41(35-53)22-24-42)34-52(32-39-13-7-3-8-14-39)33-40-15-9-4-10-16-40/h2-28,44,46-47,49,51,53H,29-35H2,1H3,(H,50,54). The summed E-state index contributed by atoms with van der Waals surface area (Å²) >= 11 is 0. The van der Waals surface area contributed by atoms with E-state index >= 15 is 0 Å². The SMILES string of the molecule is Cc1ccc(S(=O)(=O)NC(Cc2ccccc2)C(=O)NCc2ccc(C3OC(CN(Cc4ccccc4)Cc4ccccc4)CC(c4ccc(CO)cc4)O3)cc2)cc1. The Bertz CT molecular complexity index is 2290. The van der Waals surface area contributed by atoms with Crippen molar-refractivity contribution in [3.8, 4) is 0 Å². The number of benzene rings is 6. The number of rotatable bonds is 17. The molecule has 1 saturated heterocycles. The molecule has 4 atom stereocenters. The summed E-state index contributed by atoms with van der Waals surface area (Å²) in [7, 11) is -3.97. The maximum Gasteiger partial charge on any atom is 0.241 e. The van der Waals surface area contributed by atoms with Gasteiger partial charge in [-0.1, -0.05) is 157 Å². The van der Waals surface area contributed by atoms with Crippen molar-refractivity contribution < 1.29 is 27.8 Å². The van der Waals surface area contributed by atoms with E-state index < -0.39 is 28.3 Å². The fourth-order valence-corrected chi connectivity index (χ4v) is 8.50. The van der Waals surface area contributed by atoms with Crippen LogP contribution in [0.25, 0.3) is 0 Å². The zero-order valence-corrected chi connectivity index (χ0v) is 34.0. The van der Waals surface area contributed by atoms with Crippen molar-refractivity contribution in [1.29, 1.82) is 0 Å². The summed E-state index contributed by atoms with van der Waals surface area (Å²) in [6, 6.07) is 51.4. The molecule has 0 saturated carbocycles. The molecule has 0 bridgehead atoms. The van der Waals surface area contributed by atoms with Crippen molar-refractivity contribution in [1.82, 2.24) is 14.9 Å². The normalized spacial score (nSPS) is 17.4. The van der Waals surface area contributed by atoms with Crippen molar-refractivity contribution in [3.63, 3.8) is 0 Å². The third-order valence-electron chi connectivity index (χ3n) is 10.5. The van der Waals surface area contributed by atoms with Crippen molar-refractivity contribution in [2.45, 2.75) is 75.4 Å². The van der Waals surface area contributed by atoms with Crippen molar-refractivity contribution in [2.24, 2.45) is 0 Å². The van der Waals surface area contributed by atoms with Gasteiger partial charge < -0.3 is 19.9 Å². The minimum atomic E-state index is -3.97. The Hall–Kier alpha value is -5.46. The molecule has 0 aliphatic carbocycles. The van der Waals surface area contributed by atoms with Gasteiger partial charge in [0.2, 0.25) is 15.9 Å². The predicted molar refractivity (Wildman–Crippen MR) is 229 cm³/mol. The summed E-state index contributed by atoms with van der Waals surface area (Å²) in [6.07, 6.45) is -0.219. The number of aryl methyl sites for hydroxylation is 1. The van der Waals surface area contributed by atoms with Gasteiger partial charge in [-0.25, -0.2) is 8.42 Å². The average molecular weight is 810 g/mol. The van der Waals surface area contributed by atoms with Crippen molar-refractivity contribution >= 4 is 15.9 Å². The van der Waals surface area contributed by atoms with E-state index in [4.69, 9.17) is 9.47 Å². The Morgan fingerprint density at radius 3 is 1.80 bits per heavy atom. The number of hydrogen-bond acceptors (Lipinski definition) is 7. The lowest BCUT2D eigenvalue weighted by Gasteiger charge is -2.38. The molecule has 1 aliphatic heterocycles. The maximum atomic E-state index is 13.7. The van der Waals surface area contributed by atoms with Gasteiger partial charge in [0.1, 0.15) is 6.04 Å². The number of sulfonamides is 1. The Morgan fingerprint density at radius 2 is 1.22 bits per heavy atom. The largest absolute Gasteiger partial charge is 0.392 e. The Kier molecular flexibility index (Phi) is 14.1. The zero-order chi connectivity index (χ0) is 41.0. The number of aliphatic hydroxyl groups excluding tert-OH is 1. The monoisotopic (exact) mass is 809 g/mol. The maximum absolute atomic E-state index is 13.7. The highest BCUT2D eigenvalue weighted by Crippen LogP contribution is 2.38. The molecule has 10 heteroatoms. The van der Waals surface area contributed by atoms with E-state index in [-0.39, 0.29) is 36.7 Å². The first kappa shape index (κ1) is 41.7. The van der Waals surface area contributed by atoms with Crippen LogP contribution < -0.4 is 10.0 Å². The number of nitrogens with one attached hydrogen (secondary N) is 2. The molecule has 1 fully saturated rings. The Labute approximate surface area is 347 Å². The summed E-state index contributed by atoms with van der Waals surface area (Å²) < 4.78 is 42.8. The molecule has 0 spiro atoms. The number of hydrogen-bond donors (Lipinski definition) is 3. The van der Waals surface area contributed by atoms with E-state index in [0.29, 0.717) is 13.0 Å². The summed E-state index contributed by atoms with van der Waals surface area (Å²) in [6.45, 7) is 4.25. The second kappa shape index (κ2) is 20.0. The fourth-order valence-electron chi connectivity index (χ4n) is 7.30. The van der Waals surface area contributed by atoms with E-state index in [2.05, 4.69) is 63.5 Å². The molecule has 6 aromatic carbocycles. The first-order valence-corrected chi connectivity index (χ1v) is 21.5. The number of ether oxygens (including phenoxy) is 2. The first-order chi connectivity index (χ1) is 28.7. The van der Waals surface area contributed by atoms with Crippen LogP contribution in [0.3, 0.4) is 0 Å². The lowest BCUT2D eigenvalue weighted by Crippen LogP contribution is -2.47. The van der Waals surface area contributed by atoms with Crippen LogP contribution in [0, 0.1) is 6.92 Å². The lowest BCUT2D eigenvalue weighted by molar-refractivity contribution is -0.253. The second-order valence-electron chi connectivity index (χ2n) is 15.1. The van der Waals surface area contributed by atoms with Gasteiger partial charge in [0, 0.05) is 38.2 Å². The van der Waals surface area contributed by atoms with Crippen LogP contribution in [0.2, 0.25) is 0 Å². The summed E-state index contributed by atoms with van der Waals surface area (Å²) in [5.74, 6) is -0.430. The van der Waals surface area contributed by atoms with Crippen LogP contribution in [-0.2, 0) is 57.0 Å². The Balaban J connectivity index is 1.06. The van der Waals surface area contributed by atoms with E-state index in [1.54, 1.807) is 24.3 Å². The average Bonchev–Trinajstić information content (AvgIpc) is 3.26. The molecule has 9 nitrogen and oxygen atoms in total. The molecule has 304 valence electrons. The highest BCUT2D eigenvalue weighted by molar-refractivity contribution is 7.89. The van der Waals surface area contributed by atoms with E-state index in [1.807, 2.05) is 97.9 Å². The zero-order valence-electron chi connectivity index (χ0n) is 33.2. The van der Waals surface area contributed by atoms with Gasteiger partial charge in [-0.05, 0) is 58.9 Å². The number of nitrogens with zero attached hydrogens (tertiary/aromatic N) is 1. The number of amides is 1. The van der Waals surface area contributed by atoms with Gasteiger partial charge in [-0.2, -0.15) is 4.72 Å². The third-order valence-corrected chi connectivity index (χ3v) is 12.0. The molecule has 3 N–H and O–H groups in total. The van der Waals surface area contributed by atoms with Crippen LogP contribution in [0.4, 0.5) is 0 Å². The highest BCUT2D eigenvalue weighted by atomic mass is 32.2. The van der Waals surface area contributed by atoms with Gasteiger partial charge in [0.15, 0.2) is 6.29 Å². The molecule has 1 aliphatic rings. The smallest absolute Gasteiger partial charge is 0.241 e. The molecule has 4 unspecified atom stereocenters. The molecular weight excluding hydrogens is 759 g/mol. The summed E-state index contributed by atoms with van der Waals surface area (Å²) in [5, 5.41) is 12.6. The van der Waals surface area contributed by atoms with Crippen LogP contribution in [0.15, 0.2) is 169 Å². The first-order valence-electron chi connectivity index (χ1n) is 20.0. The summed E-state index contributed by atoms with van der Waals surface area (Å²) in [5.41, 5.74) is 7.74. The van der Waals surface area contributed by atoms with Crippen molar-refractivity contribution in [3.05, 3.63) is 208 Å². The van der Waals surface area contributed by atoms with E-state index in [0.717, 1.165) is 46.5 Å². The van der Waals surface area contributed by atoms with Crippen LogP contribution in [0.5, 0.6) is 0 Å². The molecule has 0 aromatic heterocycles. The third kappa shape index (κ3) is 11.8. The summed E-state index contributed by atoms with van der Waals surface area (Å²) in [4.78, 5) is 16.2. The van der Waals surface area contributed by atoms with Crippen LogP contribution >= 0.6 is 0 Å². The molecule has 7 rings (SSSR count). The minimum absolute atomic E-state index is 0.0301. The molecular formula is C49H51N3O6S. The number of carbonyl (C=O) groups excluding carboxylic acids is 1. The predicted octanol–water partition coefficient (Wildman–Crippen LogP) is 7.94. The van der Waals surface area contributed by atoms with E-state index in [1.165, 1.54) is 11.1 Å². The fraction of sp³-hybridized carbons (Fsp3) is 0.245. The molecule has 0 radical (unpaired) electrons. The van der Waals surface area contributed by atoms with E-state index in [9.17, 15) is 18.3 Å². The Morgan fingerprint density at radius 1 is 0.678 bits per heavy atom. The molecule has 6 aromatic rings. The minimum Gasteiger partial charge on any atom is -0.392 e. The second-order valence-corrected chi connectivity index (χ2v) is 16.8. The van der Waals surface area contributed by atoms with Gasteiger partial charge >= 0.3 is 0 Å². The van der Waals surface area contributed by atoms with Gasteiger partial charge in [-0.15, -0.1) is 0 Å². The van der Waals surface area contributed by atoms with Crippen molar-refractivity contribution in [2.75, 3.05) is 6.54 Å². The topological polar surface area (TPSA) is 117 Å². The number of carbonyl (C=O) groups is 1. The van der Waals surface area contributed by atoms with Gasteiger partial charge in [0.25, 0.3) is 0 Å². The van der Waals surface area contributed by atoms with Crippen LogP contribution in [-0.4, -0.2) is 43.0 Å².